The Morgan fingerprint density at radius 3 is 2.70 bits per heavy atom. The molecule has 2 N–H and O–H groups in total. The second kappa shape index (κ2) is 8.37. The van der Waals surface area contributed by atoms with Crippen molar-refractivity contribution in [3.8, 4) is 0 Å². The third kappa shape index (κ3) is 5.27. The van der Waals surface area contributed by atoms with Crippen molar-refractivity contribution in [2.75, 3.05) is 25.4 Å². The van der Waals surface area contributed by atoms with Crippen molar-refractivity contribution in [1.29, 1.82) is 0 Å². The van der Waals surface area contributed by atoms with Crippen LogP contribution in [0.2, 0.25) is 0 Å². The van der Waals surface area contributed by atoms with E-state index in [1.54, 1.807) is 0 Å². The number of hydrogen-bond donors (Lipinski definition) is 2. The zero-order chi connectivity index (χ0) is 19.4. The minimum Gasteiger partial charge on any atom is -0.373 e. The Labute approximate surface area is 159 Å². The second-order valence-corrected chi connectivity index (χ2v) is 9.03. The predicted molar refractivity (Wildman–Crippen MR) is 103 cm³/mol. The van der Waals surface area contributed by atoms with E-state index in [2.05, 4.69) is 15.3 Å². The summed E-state index contributed by atoms with van der Waals surface area (Å²) in [6.45, 7) is 4.52. The van der Waals surface area contributed by atoms with Gasteiger partial charge in [0.25, 0.3) is 0 Å². The molecular weight excluding hydrogens is 368 g/mol. The molecule has 148 valence electrons. The molecule has 0 saturated carbocycles. The number of carbonyl (C=O) groups excluding carboxylic acids is 1. The maximum absolute atomic E-state index is 12.4. The van der Waals surface area contributed by atoms with Crippen LogP contribution in [-0.2, 0) is 26.0 Å². The van der Waals surface area contributed by atoms with Crippen LogP contribution in [0.3, 0.4) is 0 Å². The number of carbonyl (C=O) groups is 1. The molecular formula is C18H26N4O4S. The van der Waals surface area contributed by atoms with E-state index in [9.17, 15) is 13.2 Å². The van der Waals surface area contributed by atoms with Gasteiger partial charge in [-0.1, -0.05) is 12.1 Å². The summed E-state index contributed by atoms with van der Waals surface area (Å²) in [5.41, 5.74) is 1.81. The average molecular weight is 394 g/mol. The van der Waals surface area contributed by atoms with E-state index in [4.69, 9.17) is 4.74 Å². The van der Waals surface area contributed by atoms with Crippen LogP contribution in [0.5, 0.6) is 0 Å². The molecule has 2 atom stereocenters. The van der Waals surface area contributed by atoms with E-state index < -0.39 is 10.0 Å². The summed E-state index contributed by atoms with van der Waals surface area (Å²) >= 11 is 0. The van der Waals surface area contributed by atoms with Gasteiger partial charge in [0.2, 0.25) is 15.9 Å². The molecule has 1 fully saturated rings. The number of benzene rings is 1. The van der Waals surface area contributed by atoms with Gasteiger partial charge in [0.15, 0.2) is 0 Å². The lowest BCUT2D eigenvalue weighted by molar-refractivity contribution is -0.120. The van der Waals surface area contributed by atoms with Crippen LogP contribution in [0, 0.1) is 0 Å². The van der Waals surface area contributed by atoms with Gasteiger partial charge >= 0.3 is 0 Å². The topological polar surface area (TPSA) is 104 Å². The Hall–Kier alpha value is -1.97. The van der Waals surface area contributed by atoms with Crippen LogP contribution in [0.25, 0.3) is 11.0 Å². The zero-order valence-corrected chi connectivity index (χ0v) is 16.5. The summed E-state index contributed by atoms with van der Waals surface area (Å²) in [6.07, 6.45) is 0.487. The Morgan fingerprint density at radius 2 is 2.00 bits per heavy atom. The molecule has 9 heteroatoms. The number of imidazole rings is 1. The van der Waals surface area contributed by atoms with Gasteiger partial charge in [-0.2, -0.15) is 4.31 Å². The fourth-order valence-electron chi connectivity index (χ4n) is 3.25. The van der Waals surface area contributed by atoms with E-state index in [1.807, 2.05) is 38.1 Å². The molecule has 2 heterocycles. The van der Waals surface area contributed by atoms with Crippen molar-refractivity contribution in [3.63, 3.8) is 0 Å². The summed E-state index contributed by atoms with van der Waals surface area (Å²) in [4.78, 5) is 19.6. The van der Waals surface area contributed by atoms with Crippen LogP contribution in [0.1, 0.15) is 26.1 Å². The highest BCUT2D eigenvalue weighted by atomic mass is 32.2. The fraction of sp³-hybridized carbons (Fsp3) is 0.556. The fourth-order valence-corrected chi connectivity index (χ4v) is 4.74. The van der Waals surface area contributed by atoms with Crippen LogP contribution < -0.4 is 5.32 Å². The Kier molecular flexibility index (Phi) is 6.13. The lowest BCUT2D eigenvalue weighted by Crippen LogP contribution is -2.49. The Bertz CT molecular complexity index is 853. The van der Waals surface area contributed by atoms with Crippen molar-refractivity contribution in [3.05, 3.63) is 30.1 Å². The third-order valence-corrected chi connectivity index (χ3v) is 6.29. The largest absolute Gasteiger partial charge is 0.373 e. The van der Waals surface area contributed by atoms with Crippen LogP contribution in [0.4, 0.5) is 0 Å². The molecule has 8 nitrogen and oxygen atoms in total. The number of para-hydroxylation sites is 2. The predicted octanol–water partition coefficient (Wildman–Crippen LogP) is 1.05. The number of nitrogens with one attached hydrogen (secondary N) is 2. The van der Waals surface area contributed by atoms with Gasteiger partial charge in [-0.3, -0.25) is 4.79 Å². The van der Waals surface area contributed by atoms with Gasteiger partial charge in [0.1, 0.15) is 5.82 Å². The summed E-state index contributed by atoms with van der Waals surface area (Å²) in [5.74, 6) is 0.452. The van der Waals surface area contributed by atoms with Gasteiger partial charge in [0.05, 0.1) is 29.0 Å². The minimum atomic E-state index is -3.41. The van der Waals surface area contributed by atoms with Gasteiger partial charge in [-0.05, 0) is 26.0 Å². The molecule has 2 aromatic rings. The highest BCUT2D eigenvalue weighted by molar-refractivity contribution is 7.89. The van der Waals surface area contributed by atoms with Gasteiger partial charge < -0.3 is 15.0 Å². The van der Waals surface area contributed by atoms with Crippen LogP contribution in [-0.4, -0.2) is 66.2 Å². The summed E-state index contributed by atoms with van der Waals surface area (Å²) in [5, 5.41) is 2.69. The monoisotopic (exact) mass is 394 g/mol. The molecule has 0 unspecified atom stereocenters. The number of hydrogen-bond acceptors (Lipinski definition) is 5. The third-order valence-electron chi connectivity index (χ3n) is 4.49. The maximum atomic E-state index is 12.4. The molecule has 1 saturated heterocycles. The maximum Gasteiger partial charge on any atom is 0.220 e. The van der Waals surface area contributed by atoms with Crippen LogP contribution in [0.15, 0.2) is 24.3 Å². The van der Waals surface area contributed by atoms with Crippen molar-refractivity contribution < 1.29 is 17.9 Å². The summed E-state index contributed by atoms with van der Waals surface area (Å²) < 4.78 is 31.9. The molecule has 0 spiro atoms. The number of aryl methyl sites for hydroxylation is 1. The highest BCUT2D eigenvalue weighted by Gasteiger charge is 2.30. The molecule has 1 amide bonds. The van der Waals surface area contributed by atoms with Crippen molar-refractivity contribution in [2.45, 2.75) is 38.9 Å². The molecule has 1 aromatic carbocycles. The highest BCUT2D eigenvalue weighted by Crippen LogP contribution is 2.15. The van der Waals surface area contributed by atoms with Gasteiger partial charge in [0, 0.05) is 32.5 Å². The van der Waals surface area contributed by atoms with E-state index >= 15 is 0 Å². The van der Waals surface area contributed by atoms with E-state index in [1.165, 1.54) is 4.31 Å². The minimum absolute atomic E-state index is 0.0986. The number of aromatic nitrogens is 2. The first-order chi connectivity index (χ1) is 12.8. The molecule has 0 bridgehead atoms. The number of amides is 1. The number of H-pyrrole nitrogens is 1. The number of sulfonamides is 1. The van der Waals surface area contributed by atoms with Crippen LogP contribution >= 0.6 is 0 Å². The lowest BCUT2D eigenvalue weighted by Gasteiger charge is -2.34. The first-order valence-corrected chi connectivity index (χ1v) is 10.8. The summed E-state index contributed by atoms with van der Waals surface area (Å²) in [6, 6.07) is 7.68. The molecule has 1 aliphatic heterocycles. The van der Waals surface area contributed by atoms with E-state index in [-0.39, 0.29) is 36.8 Å². The van der Waals surface area contributed by atoms with Crippen molar-refractivity contribution in [1.82, 2.24) is 19.6 Å². The van der Waals surface area contributed by atoms with Crippen molar-refractivity contribution in [2.24, 2.45) is 0 Å². The number of fused-ring (bicyclic) bond motifs is 1. The number of rotatable bonds is 7. The smallest absolute Gasteiger partial charge is 0.220 e. The van der Waals surface area contributed by atoms with Crippen molar-refractivity contribution >= 4 is 27.0 Å². The first kappa shape index (κ1) is 19.8. The Morgan fingerprint density at radius 1 is 1.30 bits per heavy atom. The summed E-state index contributed by atoms with van der Waals surface area (Å²) in [7, 11) is -3.41. The Balaban J connectivity index is 1.43. The molecule has 27 heavy (non-hydrogen) atoms. The SMILES string of the molecule is C[C@@H]1CN(S(=O)(=O)CCNC(=O)CCc2nc3ccccc3[nH]2)C[C@@H](C)O1. The molecule has 0 radical (unpaired) electrons. The average Bonchev–Trinajstić information content (AvgIpc) is 3.02. The second-order valence-electron chi connectivity index (χ2n) is 6.94. The van der Waals surface area contributed by atoms with E-state index in [0.717, 1.165) is 16.9 Å². The number of ether oxygens (including phenoxy) is 1. The number of nitrogens with zero attached hydrogens (tertiary/aromatic N) is 2. The molecule has 1 aromatic heterocycles. The number of morpholine rings is 1. The normalized spacial score (nSPS) is 21.4. The molecule has 3 rings (SSSR count). The number of aromatic amines is 1. The van der Waals surface area contributed by atoms with E-state index in [0.29, 0.717) is 19.5 Å². The van der Waals surface area contributed by atoms with Gasteiger partial charge in [-0.15, -0.1) is 0 Å². The lowest BCUT2D eigenvalue weighted by atomic mass is 10.3. The standard InChI is InChI=1S/C18H26N4O4S/c1-13-11-22(12-14(2)26-13)27(24,25)10-9-19-18(23)8-7-17-20-15-5-3-4-6-16(15)21-17/h3-6,13-14H,7-12H2,1-2H3,(H,19,23)(H,20,21)/t13-,14-/m1/s1. The first-order valence-electron chi connectivity index (χ1n) is 9.17. The molecule has 1 aliphatic rings. The quantitative estimate of drug-likeness (QED) is 0.730. The molecule has 0 aliphatic carbocycles. The van der Waals surface area contributed by atoms with Gasteiger partial charge in [-0.25, -0.2) is 13.4 Å². The zero-order valence-electron chi connectivity index (χ0n) is 15.6.